The maximum Gasteiger partial charge on any atom is 0.341 e. The van der Waals surface area contributed by atoms with Gasteiger partial charge in [0.25, 0.3) is 0 Å². The lowest BCUT2D eigenvalue weighted by Crippen LogP contribution is -2.00. The second-order valence-corrected chi connectivity index (χ2v) is 5.03. The molecule has 0 aliphatic rings. The Morgan fingerprint density at radius 2 is 2.24 bits per heavy atom. The minimum Gasteiger partial charge on any atom is -0.465 e. The first-order valence-electron chi connectivity index (χ1n) is 5.95. The van der Waals surface area contributed by atoms with Crippen LogP contribution in [0.5, 0.6) is 0 Å². The van der Waals surface area contributed by atoms with Crippen molar-refractivity contribution in [1.82, 2.24) is 0 Å². The Bertz CT molecular complexity index is 747. The van der Waals surface area contributed by atoms with Crippen LogP contribution in [0.2, 0.25) is 0 Å². The third-order valence-corrected chi connectivity index (χ3v) is 3.61. The van der Waals surface area contributed by atoms with E-state index in [0.29, 0.717) is 10.6 Å². The van der Waals surface area contributed by atoms with Gasteiger partial charge < -0.3 is 9.15 Å². The zero-order valence-electron chi connectivity index (χ0n) is 11.4. The highest BCUT2D eigenvalue weighted by molar-refractivity contribution is 7.12. The molecule has 0 unspecified atom stereocenters. The van der Waals surface area contributed by atoms with Gasteiger partial charge in [0.1, 0.15) is 28.7 Å². The van der Waals surface area contributed by atoms with Gasteiger partial charge in [-0.05, 0) is 24.4 Å². The third-order valence-electron chi connectivity index (χ3n) is 2.74. The number of carbonyl (C=O) groups is 2. The SMILES string of the molecule is COC(=O)c1cc(/C=C(\C#N)C(=O)c2cccs2)oc1C. The number of nitriles is 1. The van der Waals surface area contributed by atoms with Gasteiger partial charge in [0.2, 0.25) is 5.78 Å². The van der Waals surface area contributed by atoms with E-state index in [4.69, 9.17) is 9.68 Å². The number of methoxy groups -OCH3 is 1. The standard InChI is InChI=1S/C15H11NO4S/c1-9-12(15(18)19-2)7-11(20-9)6-10(8-16)14(17)13-4-3-5-21-13/h3-7H,1-2H3/b10-6+. The Labute approximate surface area is 125 Å². The molecule has 0 N–H and O–H groups in total. The summed E-state index contributed by atoms with van der Waals surface area (Å²) in [5.41, 5.74) is 0.215. The lowest BCUT2D eigenvalue weighted by molar-refractivity contribution is 0.0598. The first kappa shape index (κ1) is 14.8. The van der Waals surface area contributed by atoms with Gasteiger partial charge in [-0.15, -0.1) is 11.3 Å². The fraction of sp³-hybridized carbons (Fsp3) is 0.133. The number of allylic oxidation sites excluding steroid dienone is 1. The fourth-order valence-corrected chi connectivity index (χ4v) is 2.40. The average Bonchev–Trinajstić information content (AvgIpc) is 3.13. The number of aryl methyl sites for hydroxylation is 1. The predicted molar refractivity (Wildman–Crippen MR) is 77.0 cm³/mol. The van der Waals surface area contributed by atoms with Crippen molar-refractivity contribution in [3.05, 3.63) is 51.1 Å². The molecule has 5 nitrogen and oxygen atoms in total. The van der Waals surface area contributed by atoms with Crippen molar-refractivity contribution in [2.45, 2.75) is 6.92 Å². The normalized spacial score (nSPS) is 11.0. The van der Waals surface area contributed by atoms with Crippen LogP contribution in [-0.2, 0) is 4.74 Å². The van der Waals surface area contributed by atoms with E-state index in [9.17, 15) is 9.59 Å². The van der Waals surface area contributed by atoms with Crippen molar-refractivity contribution in [1.29, 1.82) is 5.26 Å². The summed E-state index contributed by atoms with van der Waals surface area (Å²) < 4.78 is 9.98. The largest absolute Gasteiger partial charge is 0.465 e. The zero-order valence-corrected chi connectivity index (χ0v) is 12.2. The van der Waals surface area contributed by atoms with Crippen molar-refractivity contribution in [3.8, 4) is 6.07 Å². The molecule has 2 aromatic rings. The summed E-state index contributed by atoms with van der Waals surface area (Å²) >= 11 is 1.26. The van der Waals surface area contributed by atoms with Crippen molar-refractivity contribution in [3.63, 3.8) is 0 Å². The summed E-state index contributed by atoms with van der Waals surface area (Å²) in [6, 6.07) is 6.68. The highest BCUT2D eigenvalue weighted by atomic mass is 32.1. The monoisotopic (exact) mass is 301 g/mol. The van der Waals surface area contributed by atoms with Crippen molar-refractivity contribution >= 4 is 29.2 Å². The zero-order chi connectivity index (χ0) is 15.4. The first-order valence-corrected chi connectivity index (χ1v) is 6.83. The van der Waals surface area contributed by atoms with Gasteiger partial charge in [-0.25, -0.2) is 4.79 Å². The maximum absolute atomic E-state index is 12.1. The Hall–Kier alpha value is -2.65. The predicted octanol–water partition coefficient (Wildman–Crippen LogP) is 3.23. The van der Waals surface area contributed by atoms with Gasteiger partial charge in [0.15, 0.2) is 0 Å². The van der Waals surface area contributed by atoms with Crippen molar-refractivity contribution < 1.29 is 18.7 Å². The van der Waals surface area contributed by atoms with Gasteiger partial charge in [0.05, 0.1) is 12.0 Å². The number of nitrogens with zero attached hydrogens (tertiary/aromatic N) is 1. The molecule has 2 aromatic heterocycles. The molecule has 0 aliphatic carbocycles. The molecule has 2 heterocycles. The Morgan fingerprint density at radius 3 is 2.81 bits per heavy atom. The first-order chi connectivity index (χ1) is 10.1. The van der Waals surface area contributed by atoms with E-state index in [2.05, 4.69) is 4.74 Å². The number of esters is 1. The molecule has 0 bridgehead atoms. The topological polar surface area (TPSA) is 80.3 Å². The average molecular weight is 301 g/mol. The van der Waals surface area contributed by atoms with Gasteiger partial charge in [-0.2, -0.15) is 5.26 Å². The smallest absolute Gasteiger partial charge is 0.341 e. The van der Waals surface area contributed by atoms with Crippen molar-refractivity contribution in [2.75, 3.05) is 7.11 Å². The number of Topliss-reactive ketones (excluding diaryl/α,β-unsaturated/α-hetero) is 1. The quantitative estimate of drug-likeness (QED) is 0.375. The van der Waals surface area contributed by atoms with Crippen LogP contribution in [-0.4, -0.2) is 18.9 Å². The number of hydrogen-bond donors (Lipinski definition) is 0. The number of carbonyl (C=O) groups excluding carboxylic acids is 2. The van der Waals surface area contributed by atoms with Crippen LogP contribution in [0, 0.1) is 18.3 Å². The van der Waals surface area contributed by atoms with E-state index in [1.807, 2.05) is 6.07 Å². The van der Waals surface area contributed by atoms with E-state index in [1.54, 1.807) is 24.4 Å². The molecule has 0 atom stereocenters. The lowest BCUT2D eigenvalue weighted by atomic mass is 10.1. The molecule has 0 saturated heterocycles. The summed E-state index contributed by atoms with van der Waals surface area (Å²) in [5, 5.41) is 10.9. The molecule has 106 valence electrons. The molecule has 21 heavy (non-hydrogen) atoms. The Kier molecular flexibility index (Phi) is 4.36. The van der Waals surface area contributed by atoms with Gasteiger partial charge in [0, 0.05) is 6.08 Å². The molecule has 0 spiro atoms. The summed E-state index contributed by atoms with van der Waals surface area (Å²) in [4.78, 5) is 24.1. The second kappa shape index (κ2) is 6.20. The van der Waals surface area contributed by atoms with E-state index in [0.717, 1.165) is 0 Å². The van der Waals surface area contributed by atoms with E-state index in [-0.39, 0.29) is 22.7 Å². The third kappa shape index (κ3) is 3.09. The number of rotatable bonds is 4. The molecule has 2 rings (SSSR count). The number of hydrogen-bond acceptors (Lipinski definition) is 6. The fourth-order valence-electron chi connectivity index (χ4n) is 1.72. The Morgan fingerprint density at radius 1 is 1.48 bits per heavy atom. The van der Waals surface area contributed by atoms with E-state index >= 15 is 0 Å². The molecule has 0 aromatic carbocycles. The lowest BCUT2D eigenvalue weighted by Gasteiger charge is -1.93. The van der Waals surface area contributed by atoms with Crippen LogP contribution in [0.3, 0.4) is 0 Å². The maximum atomic E-state index is 12.1. The Balaban J connectivity index is 2.35. The molecule has 0 radical (unpaired) electrons. The number of thiophene rings is 1. The van der Waals surface area contributed by atoms with Gasteiger partial charge in [-0.1, -0.05) is 6.07 Å². The number of ketones is 1. The van der Waals surface area contributed by atoms with E-state index < -0.39 is 5.97 Å². The molecule has 6 heteroatoms. The number of ether oxygens (including phenoxy) is 1. The summed E-state index contributed by atoms with van der Waals surface area (Å²) in [5.74, 6) is -0.275. The van der Waals surface area contributed by atoms with Gasteiger partial charge >= 0.3 is 5.97 Å². The molecular formula is C15H11NO4S. The molecule has 0 fully saturated rings. The van der Waals surface area contributed by atoms with Crippen LogP contribution in [0.1, 0.15) is 31.6 Å². The summed E-state index contributed by atoms with van der Waals surface area (Å²) in [7, 11) is 1.27. The molecule has 0 amide bonds. The van der Waals surface area contributed by atoms with Crippen LogP contribution in [0.25, 0.3) is 6.08 Å². The summed E-state index contributed by atoms with van der Waals surface area (Å²) in [6.45, 7) is 1.61. The minimum atomic E-state index is -0.529. The molecule has 0 saturated carbocycles. The second-order valence-electron chi connectivity index (χ2n) is 4.09. The number of furan rings is 1. The highest BCUT2D eigenvalue weighted by Gasteiger charge is 2.17. The van der Waals surface area contributed by atoms with Crippen molar-refractivity contribution in [2.24, 2.45) is 0 Å². The minimum absolute atomic E-state index is 0.0531. The summed E-state index contributed by atoms with van der Waals surface area (Å²) in [6.07, 6.45) is 1.32. The van der Waals surface area contributed by atoms with Crippen LogP contribution in [0.15, 0.2) is 33.6 Å². The molecular weight excluding hydrogens is 290 g/mol. The van der Waals surface area contributed by atoms with Gasteiger partial charge in [-0.3, -0.25) is 4.79 Å². The van der Waals surface area contributed by atoms with Crippen LogP contribution >= 0.6 is 11.3 Å². The van der Waals surface area contributed by atoms with E-state index in [1.165, 1.54) is 30.6 Å². The van der Waals surface area contributed by atoms with Crippen LogP contribution < -0.4 is 0 Å². The molecule has 0 aliphatic heterocycles. The highest BCUT2D eigenvalue weighted by Crippen LogP contribution is 2.20. The van der Waals surface area contributed by atoms with Crippen LogP contribution in [0.4, 0.5) is 0 Å².